The summed E-state index contributed by atoms with van der Waals surface area (Å²) in [5, 5.41) is 12.5. The summed E-state index contributed by atoms with van der Waals surface area (Å²) in [4.78, 5) is 2.49. The molecule has 3 heteroatoms. The van der Waals surface area contributed by atoms with Crippen molar-refractivity contribution in [3.63, 3.8) is 0 Å². The SMILES string of the molecule is C[C@@H]1CN[C@@H](CCO)CN1Cc1ccccc1. The van der Waals surface area contributed by atoms with Crippen molar-refractivity contribution in [2.24, 2.45) is 0 Å². The van der Waals surface area contributed by atoms with Crippen LogP contribution in [0.5, 0.6) is 0 Å². The van der Waals surface area contributed by atoms with Gasteiger partial charge < -0.3 is 10.4 Å². The molecule has 94 valence electrons. The first-order valence-corrected chi connectivity index (χ1v) is 6.42. The van der Waals surface area contributed by atoms with Crippen molar-refractivity contribution in [1.29, 1.82) is 0 Å². The summed E-state index contributed by atoms with van der Waals surface area (Å²) < 4.78 is 0. The van der Waals surface area contributed by atoms with Crippen LogP contribution in [0.4, 0.5) is 0 Å². The molecule has 0 aromatic heterocycles. The Kier molecular flexibility index (Phi) is 4.54. The van der Waals surface area contributed by atoms with Gasteiger partial charge in [-0.1, -0.05) is 30.3 Å². The number of rotatable bonds is 4. The van der Waals surface area contributed by atoms with Crippen LogP contribution in [0.25, 0.3) is 0 Å². The molecule has 0 radical (unpaired) electrons. The van der Waals surface area contributed by atoms with Gasteiger partial charge in [0.25, 0.3) is 0 Å². The van der Waals surface area contributed by atoms with E-state index >= 15 is 0 Å². The van der Waals surface area contributed by atoms with Crippen molar-refractivity contribution in [3.8, 4) is 0 Å². The maximum atomic E-state index is 9.00. The quantitative estimate of drug-likeness (QED) is 0.822. The van der Waals surface area contributed by atoms with Crippen molar-refractivity contribution in [3.05, 3.63) is 35.9 Å². The molecule has 0 bridgehead atoms. The Morgan fingerprint density at radius 1 is 1.35 bits per heavy atom. The van der Waals surface area contributed by atoms with E-state index in [1.165, 1.54) is 5.56 Å². The fraction of sp³-hybridized carbons (Fsp3) is 0.571. The lowest BCUT2D eigenvalue weighted by Gasteiger charge is -2.38. The lowest BCUT2D eigenvalue weighted by atomic mass is 10.1. The minimum Gasteiger partial charge on any atom is -0.396 e. The number of hydrogen-bond acceptors (Lipinski definition) is 3. The molecule has 2 atom stereocenters. The molecule has 1 heterocycles. The van der Waals surface area contributed by atoms with Crippen LogP contribution in [-0.2, 0) is 6.54 Å². The molecule has 0 aliphatic carbocycles. The predicted octanol–water partition coefficient (Wildman–Crippen LogP) is 1.23. The zero-order valence-corrected chi connectivity index (χ0v) is 10.5. The highest BCUT2D eigenvalue weighted by atomic mass is 16.3. The number of aliphatic hydroxyl groups is 1. The van der Waals surface area contributed by atoms with Crippen LogP contribution >= 0.6 is 0 Å². The van der Waals surface area contributed by atoms with Crippen LogP contribution in [0, 0.1) is 0 Å². The number of nitrogens with zero attached hydrogens (tertiary/aromatic N) is 1. The Bertz CT molecular complexity index is 328. The smallest absolute Gasteiger partial charge is 0.0446 e. The van der Waals surface area contributed by atoms with Crippen LogP contribution in [-0.4, -0.2) is 41.8 Å². The Labute approximate surface area is 103 Å². The van der Waals surface area contributed by atoms with Gasteiger partial charge in [0.05, 0.1) is 0 Å². The third kappa shape index (κ3) is 3.53. The standard InChI is InChI=1S/C14H22N2O/c1-12-9-15-14(7-8-17)11-16(12)10-13-5-3-2-4-6-13/h2-6,12,14-15,17H,7-11H2,1H3/t12-,14+/m1/s1. The number of piperazine rings is 1. The molecule has 2 N–H and O–H groups in total. The highest BCUT2D eigenvalue weighted by molar-refractivity contribution is 5.14. The van der Waals surface area contributed by atoms with Crippen molar-refractivity contribution < 1.29 is 5.11 Å². The molecule has 0 unspecified atom stereocenters. The van der Waals surface area contributed by atoms with E-state index in [9.17, 15) is 0 Å². The minimum atomic E-state index is 0.269. The molecular formula is C14H22N2O. The van der Waals surface area contributed by atoms with Crippen LogP contribution < -0.4 is 5.32 Å². The molecule has 17 heavy (non-hydrogen) atoms. The van der Waals surface area contributed by atoms with E-state index in [2.05, 4.69) is 47.5 Å². The van der Waals surface area contributed by atoms with E-state index in [0.717, 1.165) is 26.1 Å². The molecular weight excluding hydrogens is 212 g/mol. The fourth-order valence-electron chi connectivity index (χ4n) is 2.38. The molecule has 0 spiro atoms. The maximum absolute atomic E-state index is 9.00. The predicted molar refractivity (Wildman–Crippen MR) is 69.8 cm³/mol. The third-order valence-corrected chi connectivity index (χ3v) is 3.49. The Hall–Kier alpha value is -0.900. The summed E-state index contributed by atoms with van der Waals surface area (Å²) in [6.07, 6.45) is 0.845. The molecule has 3 nitrogen and oxygen atoms in total. The van der Waals surface area contributed by atoms with Crippen molar-refractivity contribution >= 4 is 0 Å². The van der Waals surface area contributed by atoms with Gasteiger partial charge in [-0.15, -0.1) is 0 Å². The van der Waals surface area contributed by atoms with Gasteiger partial charge in [-0.25, -0.2) is 0 Å². The average molecular weight is 234 g/mol. The molecule has 0 saturated carbocycles. The van der Waals surface area contributed by atoms with Gasteiger partial charge in [-0.3, -0.25) is 4.90 Å². The summed E-state index contributed by atoms with van der Waals surface area (Å²) in [5.74, 6) is 0. The average Bonchev–Trinajstić information content (AvgIpc) is 2.35. The van der Waals surface area contributed by atoms with Gasteiger partial charge in [-0.05, 0) is 18.9 Å². The number of hydrogen-bond donors (Lipinski definition) is 2. The first-order chi connectivity index (χ1) is 8.29. The second-order valence-corrected chi connectivity index (χ2v) is 4.88. The zero-order chi connectivity index (χ0) is 12.1. The Morgan fingerprint density at radius 2 is 2.12 bits per heavy atom. The van der Waals surface area contributed by atoms with E-state index in [1.54, 1.807) is 0 Å². The van der Waals surface area contributed by atoms with Gasteiger partial charge in [0.1, 0.15) is 0 Å². The van der Waals surface area contributed by atoms with Gasteiger partial charge in [-0.2, -0.15) is 0 Å². The summed E-state index contributed by atoms with van der Waals surface area (Å²) in [6.45, 7) is 5.57. The molecule has 2 rings (SSSR count). The first-order valence-electron chi connectivity index (χ1n) is 6.42. The van der Waals surface area contributed by atoms with Crippen molar-refractivity contribution in [1.82, 2.24) is 10.2 Å². The third-order valence-electron chi connectivity index (χ3n) is 3.49. The number of benzene rings is 1. The van der Waals surface area contributed by atoms with Crippen LogP contribution in [0.1, 0.15) is 18.9 Å². The molecule has 1 aliphatic heterocycles. The van der Waals surface area contributed by atoms with Crippen molar-refractivity contribution in [2.75, 3.05) is 19.7 Å². The van der Waals surface area contributed by atoms with Crippen LogP contribution in [0.2, 0.25) is 0 Å². The lowest BCUT2D eigenvalue weighted by molar-refractivity contribution is 0.120. The van der Waals surface area contributed by atoms with Gasteiger partial charge >= 0.3 is 0 Å². The second kappa shape index (κ2) is 6.15. The molecule has 1 aliphatic rings. The van der Waals surface area contributed by atoms with E-state index in [4.69, 9.17) is 5.11 Å². The monoisotopic (exact) mass is 234 g/mol. The Balaban J connectivity index is 1.94. The second-order valence-electron chi connectivity index (χ2n) is 4.88. The lowest BCUT2D eigenvalue weighted by Crippen LogP contribution is -2.55. The summed E-state index contributed by atoms with van der Waals surface area (Å²) in [6, 6.07) is 11.6. The first kappa shape index (κ1) is 12.6. The van der Waals surface area contributed by atoms with E-state index in [-0.39, 0.29) is 6.61 Å². The summed E-state index contributed by atoms with van der Waals surface area (Å²) in [7, 11) is 0. The van der Waals surface area contributed by atoms with Crippen LogP contribution in [0.15, 0.2) is 30.3 Å². The highest BCUT2D eigenvalue weighted by Gasteiger charge is 2.24. The molecule has 1 fully saturated rings. The molecule has 0 amide bonds. The van der Waals surface area contributed by atoms with Crippen molar-refractivity contribution in [2.45, 2.75) is 32.0 Å². The van der Waals surface area contributed by atoms with Gasteiger partial charge in [0.15, 0.2) is 0 Å². The molecule has 1 aromatic rings. The number of nitrogens with one attached hydrogen (secondary N) is 1. The topological polar surface area (TPSA) is 35.5 Å². The maximum Gasteiger partial charge on any atom is 0.0446 e. The highest BCUT2D eigenvalue weighted by Crippen LogP contribution is 2.13. The molecule has 1 saturated heterocycles. The number of aliphatic hydroxyl groups excluding tert-OH is 1. The normalized spacial score (nSPS) is 26.0. The minimum absolute atomic E-state index is 0.269. The fourth-order valence-corrected chi connectivity index (χ4v) is 2.38. The van der Waals surface area contributed by atoms with E-state index in [0.29, 0.717) is 12.1 Å². The van der Waals surface area contributed by atoms with E-state index < -0.39 is 0 Å². The zero-order valence-electron chi connectivity index (χ0n) is 10.5. The Morgan fingerprint density at radius 3 is 2.82 bits per heavy atom. The van der Waals surface area contributed by atoms with E-state index in [1.807, 2.05) is 0 Å². The summed E-state index contributed by atoms with van der Waals surface area (Å²) >= 11 is 0. The van der Waals surface area contributed by atoms with Crippen LogP contribution in [0.3, 0.4) is 0 Å². The van der Waals surface area contributed by atoms with Gasteiger partial charge in [0.2, 0.25) is 0 Å². The van der Waals surface area contributed by atoms with Gasteiger partial charge in [0, 0.05) is 38.3 Å². The largest absolute Gasteiger partial charge is 0.396 e. The molecule has 1 aromatic carbocycles. The summed E-state index contributed by atoms with van der Waals surface area (Å²) in [5.41, 5.74) is 1.36.